The molecule has 5 amide bonds. The van der Waals surface area contributed by atoms with Gasteiger partial charge in [0.15, 0.2) is 0 Å². The number of anilines is 1. The summed E-state index contributed by atoms with van der Waals surface area (Å²) in [6.07, 6.45) is 1.80. The summed E-state index contributed by atoms with van der Waals surface area (Å²) in [5, 5.41) is 7.86. The summed E-state index contributed by atoms with van der Waals surface area (Å²) in [6.45, 7) is 20.1. The van der Waals surface area contributed by atoms with Crippen LogP contribution in [0, 0.1) is 5.41 Å². The molecule has 0 aliphatic carbocycles. The molecule has 0 radical (unpaired) electrons. The van der Waals surface area contributed by atoms with Crippen LogP contribution < -0.4 is 21.7 Å². The number of amides is 5. The van der Waals surface area contributed by atoms with E-state index in [1.165, 1.54) is 11.3 Å². The second-order valence-electron chi connectivity index (χ2n) is 10.8. The normalized spacial score (nSPS) is 11.4. The number of hydrogen-bond donors (Lipinski definition) is 4. The zero-order valence-electron chi connectivity index (χ0n) is 27.2. The predicted molar refractivity (Wildman–Crippen MR) is 166 cm³/mol. The number of carbonyl (C=O) groups is 5. The van der Waals surface area contributed by atoms with Crippen molar-refractivity contribution in [3.63, 3.8) is 0 Å². The summed E-state index contributed by atoms with van der Waals surface area (Å²) in [5.74, 6) is -1.94. The zero-order chi connectivity index (χ0) is 32.4. The molecular formula is C31H55N5O5. The fourth-order valence-corrected chi connectivity index (χ4v) is 4.10. The number of hydrogen-bond acceptors (Lipinski definition) is 6. The van der Waals surface area contributed by atoms with E-state index in [-0.39, 0.29) is 37.6 Å². The van der Waals surface area contributed by atoms with Crippen molar-refractivity contribution >= 4 is 35.2 Å². The number of imide groups is 1. The molecule has 10 nitrogen and oxygen atoms in total. The molecule has 10 heteroatoms. The van der Waals surface area contributed by atoms with Crippen LogP contribution in [0.4, 0.5) is 5.69 Å². The number of nitrogens with one attached hydrogen (secondary N) is 3. The summed E-state index contributed by atoms with van der Waals surface area (Å²) in [7, 11) is 0. The van der Waals surface area contributed by atoms with Gasteiger partial charge in [0, 0.05) is 36.0 Å². The first-order chi connectivity index (χ1) is 19.1. The van der Waals surface area contributed by atoms with Crippen molar-refractivity contribution < 1.29 is 24.0 Å². The smallest absolute Gasteiger partial charge is 0.246 e. The van der Waals surface area contributed by atoms with Gasteiger partial charge in [-0.3, -0.25) is 28.9 Å². The van der Waals surface area contributed by atoms with Crippen LogP contribution in [-0.4, -0.2) is 52.6 Å². The highest BCUT2D eigenvalue weighted by atomic mass is 16.2. The van der Waals surface area contributed by atoms with E-state index in [1.54, 1.807) is 72.7 Å². The van der Waals surface area contributed by atoms with Gasteiger partial charge in [-0.1, -0.05) is 73.9 Å². The lowest BCUT2D eigenvalue weighted by Crippen LogP contribution is -2.55. The van der Waals surface area contributed by atoms with Gasteiger partial charge in [-0.15, -0.1) is 0 Å². The summed E-state index contributed by atoms with van der Waals surface area (Å²) >= 11 is 0. The van der Waals surface area contributed by atoms with E-state index in [4.69, 9.17) is 5.73 Å². The second-order valence-corrected chi connectivity index (χ2v) is 10.8. The van der Waals surface area contributed by atoms with Crippen molar-refractivity contribution in [3.05, 3.63) is 29.8 Å². The Morgan fingerprint density at radius 3 is 1.76 bits per heavy atom. The van der Waals surface area contributed by atoms with Gasteiger partial charge in [0.05, 0.1) is 6.54 Å². The number of benzene rings is 1. The van der Waals surface area contributed by atoms with Crippen molar-refractivity contribution in [1.29, 1.82) is 0 Å². The molecule has 0 bridgehead atoms. The lowest BCUT2D eigenvalue weighted by molar-refractivity contribution is -0.153. The molecular weight excluding hydrogens is 522 g/mol. The van der Waals surface area contributed by atoms with Gasteiger partial charge in [-0.25, -0.2) is 0 Å². The van der Waals surface area contributed by atoms with Crippen LogP contribution in [0.5, 0.6) is 0 Å². The minimum Gasteiger partial charge on any atom is -0.347 e. The van der Waals surface area contributed by atoms with Crippen molar-refractivity contribution in [3.8, 4) is 0 Å². The molecule has 1 unspecified atom stereocenters. The van der Waals surface area contributed by atoms with E-state index in [1.807, 2.05) is 13.8 Å². The molecule has 0 heterocycles. The summed E-state index contributed by atoms with van der Waals surface area (Å²) < 4.78 is 0. The van der Waals surface area contributed by atoms with Crippen LogP contribution in [0.3, 0.4) is 0 Å². The highest BCUT2D eigenvalue weighted by Gasteiger charge is 2.41. The predicted octanol–water partition coefficient (Wildman–Crippen LogP) is 4.52. The number of rotatable bonds is 12. The largest absolute Gasteiger partial charge is 0.347 e. The van der Waals surface area contributed by atoms with Crippen LogP contribution >= 0.6 is 0 Å². The Kier molecular flexibility index (Phi) is 19.2. The Morgan fingerprint density at radius 1 is 0.878 bits per heavy atom. The molecule has 1 aromatic rings. The average molecular weight is 578 g/mol. The highest BCUT2D eigenvalue weighted by Crippen LogP contribution is 2.33. The van der Waals surface area contributed by atoms with Crippen LogP contribution in [0.15, 0.2) is 24.3 Å². The molecule has 0 aliphatic rings. The fraction of sp³-hybridized carbons (Fsp3) is 0.645. The van der Waals surface area contributed by atoms with E-state index in [0.717, 1.165) is 5.56 Å². The van der Waals surface area contributed by atoms with E-state index >= 15 is 0 Å². The maximum absolute atomic E-state index is 12.9. The van der Waals surface area contributed by atoms with Gasteiger partial charge < -0.3 is 21.7 Å². The van der Waals surface area contributed by atoms with Crippen molar-refractivity contribution in [1.82, 2.24) is 15.5 Å². The van der Waals surface area contributed by atoms with E-state index in [2.05, 4.69) is 29.8 Å². The quantitative estimate of drug-likeness (QED) is 0.287. The van der Waals surface area contributed by atoms with Gasteiger partial charge in [-0.2, -0.15) is 0 Å². The lowest BCUT2D eigenvalue weighted by Gasteiger charge is -2.41. The topological polar surface area (TPSA) is 151 Å². The summed E-state index contributed by atoms with van der Waals surface area (Å²) in [4.78, 5) is 63.8. The maximum Gasteiger partial charge on any atom is 0.246 e. The minimum atomic E-state index is -0.983. The van der Waals surface area contributed by atoms with Crippen LogP contribution in [0.1, 0.15) is 107 Å². The van der Waals surface area contributed by atoms with Gasteiger partial charge in [0.1, 0.15) is 6.04 Å². The monoisotopic (exact) mass is 577 g/mol. The highest BCUT2D eigenvalue weighted by molar-refractivity contribution is 5.98. The molecule has 41 heavy (non-hydrogen) atoms. The third kappa shape index (κ3) is 14.3. The van der Waals surface area contributed by atoms with Crippen molar-refractivity contribution in [2.24, 2.45) is 11.1 Å². The number of nitrogens with zero attached hydrogens (tertiary/aromatic N) is 1. The molecule has 0 spiro atoms. The third-order valence-corrected chi connectivity index (χ3v) is 5.84. The van der Waals surface area contributed by atoms with Gasteiger partial charge >= 0.3 is 0 Å². The molecule has 5 N–H and O–H groups in total. The second kappa shape index (κ2) is 19.7. The average Bonchev–Trinajstić information content (AvgIpc) is 2.92. The molecule has 0 aliphatic heterocycles. The molecule has 0 fully saturated rings. The first-order valence-corrected chi connectivity index (χ1v) is 14.6. The van der Waals surface area contributed by atoms with Crippen LogP contribution in [-0.2, 0) is 30.5 Å². The minimum absolute atomic E-state index is 0.173. The van der Waals surface area contributed by atoms with Crippen molar-refractivity contribution in [2.75, 3.05) is 11.9 Å². The first-order valence-electron chi connectivity index (χ1n) is 14.6. The number of carbonyl (C=O) groups excluding carboxylic acids is 5. The fourth-order valence-electron chi connectivity index (χ4n) is 4.10. The zero-order valence-corrected chi connectivity index (χ0v) is 27.2. The molecule has 0 aromatic heterocycles. The lowest BCUT2D eigenvalue weighted by atomic mass is 9.78. The third-order valence-electron chi connectivity index (χ3n) is 5.84. The molecule has 234 valence electrons. The Morgan fingerprint density at radius 2 is 1.34 bits per heavy atom. The van der Waals surface area contributed by atoms with E-state index < -0.39 is 34.7 Å². The maximum atomic E-state index is 12.9. The molecule has 1 rings (SSSR count). The van der Waals surface area contributed by atoms with E-state index in [9.17, 15) is 24.0 Å². The summed E-state index contributed by atoms with van der Waals surface area (Å²) in [6, 6.07) is 6.22. The molecule has 1 atom stereocenters. The Balaban J connectivity index is 0. The SMILES string of the molecule is CC.CCC.CCC(=O)N(C(=O)CC)C(C)(C)CC(C)(C)C(=O)NCC(=O)NC(C)C(=O)Nc1ccc(CN)cc1. The van der Waals surface area contributed by atoms with Crippen LogP contribution in [0.2, 0.25) is 0 Å². The van der Waals surface area contributed by atoms with Gasteiger partial charge in [0.25, 0.3) is 0 Å². The molecule has 0 saturated heterocycles. The first kappa shape index (κ1) is 39.9. The van der Waals surface area contributed by atoms with Crippen molar-refractivity contribution in [2.45, 2.75) is 120 Å². The van der Waals surface area contributed by atoms with E-state index in [0.29, 0.717) is 12.2 Å². The Bertz CT molecular complexity index is 958. The molecule has 0 saturated carbocycles. The summed E-state index contributed by atoms with van der Waals surface area (Å²) in [5.41, 5.74) is 5.18. The standard InChI is InChI=1S/C26H41N5O5.C3H8.C2H6/c1-8-21(33)31(22(34)9-2)26(6,7)16-25(4,5)24(36)28-15-20(32)29-17(3)23(35)30-19-12-10-18(14-27)11-13-19;1-3-2;1-2/h10-13,17H,8-9,14-16,27H2,1-7H3,(H,28,36)(H,29,32)(H,30,35);3H2,1-2H3;1-2H3. The van der Waals surface area contributed by atoms with Gasteiger partial charge in [-0.05, 0) is 44.9 Å². The number of nitrogens with two attached hydrogens (primary N) is 1. The molecule has 1 aromatic carbocycles. The van der Waals surface area contributed by atoms with Gasteiger partial charge in [0.2, 0.25) is 29.5 Å². The Hall–Kier alpha value is -3.27. The van der Waals surface area contributed by atoms with Crippen LogP contribution in [0.25, 0.3) is 0 Å². The Labute approximate surface area is 247 Å².